The van der Waals surface area contributed by atoms with Crippen molar-refractivity contribution >= 4 is 31.5 Å². The van der Waals surface area contributed by atoms with Gasteiger partial charge < -0.3 is 9.47 Å². The molecule has 0 N–H and O–H groups in total. The minimum atomic E-state index is -4.88. The van der Waals surface area contributed by atoms with Crippen LogP contribution in [0.25, 0.3) is 18.2 Å². The van der Waals surface area contributed by atoms with Crippen molar-refractivity contribution in [3.63, 3.8) is 0 Å². The Morgan fingerprint density at radius 2 is 1.04 bits per heavy atom. The summed E-state index contributed by atoms with van der Waals surface area (Å²) in [6.45, 7) is 9.19. The Labute approximate surface area is 302 Å². The fourth-order valence-corrected chi connectivity index (χ4v) is 7.50. The van der Waals surface area contributed by atoms with E-state index in [4.69, 9.17) is 9.47 Å². The van der Waals surface area contributed by atoms with E-state index in [0.717, 1.165) is 66.0 Å². The Bertz CT molecular complexity index is 1490. The van der Waals surface area contributed by atoms with Crippen LogP contribution in [0.1, 0.15) is 119 Å². The summed E-state index contributed by atoms with van der Waals surface area (Å²) in [6, 6.07) is 15.4. The maximum Gasteiger partial charge on any atom is 0.416 e. The standard InChI is InChI=1S/C42H54F6O2Si/c1-5-7-9-11-13-15-26-49-38-23-24-40(50-27-16-14-12-10-8-6-2)35(29-38)22-21-33-17-19-34(20-18-33)25-28-51(3,4)39-31-36(41(43,44)45)30-37(32-39)42(46,47)48/h17-25,28-32H,5-16,26-27H2,1-4H3/b22-21+,28-25+. The van der Waals surface area contributed by atoms with E-state index < -0.39 is 31.6 Å². The first-order valence-corrected chi connectivity index (χ1v) is 21.5. The van der Waals surface area contributed by atoms with E-state index in [9.17, 15) is 26.3 Å². The number of benzene rings is 3. The predicted octanol–water partition coefficient (Wildman–Crippen LogP) is 13.5. The van der Waals surface area contributed by atoms with Gasteiger partial charge in [-0.1, -0.05) is 157 Å². The Balaban J connectivity index is 1.72. The van der Waals surface area contributed by atoms with Crippen molar-refractivity contribution in [2.24, 2.45) is 0 Å². The third-order valence-corrected chi connectivity index (χ3v) is 11.7. The molecule has 0 amide bonds. The minimum absolute atomic E-state index is 0.0631. The maximum atomic E-state index is 13.5. The normalized spacial score (nSPS) is 12.7. The van der Waals surface area contributed by atoms with Crippen LogP contribution in [0.2, 0.25) is 13.1 Å². The lowest BCUT2D eigenvalue weighted by Gasteiger charge is -2.22. The first kappa shape index (κ1) is 42.0. The molecule has 0 radical (unpaired) electrons. The lowest BCUT2D eigenvalue weighted by atomic mass is 10.1. The minimum Gasteiger partial charge on any atom is -0.494 e. The van der Waals surface area contributed by atoms with E-state index in [0.29, 0.717) is 13.2 Å². The highest BCUT2D eigenvalue weighted by molar-refractivity contribution is 6.94. The van der Waals surface area contributed by atoms with Crippen LogP contribution in [0.15, 0.2) is 66.4 Å². The molecule has 0 atom stereocenters. The summed E-state index contributed by atoms with van der Waals surface area (Å²) in [7, 11) is -2.83. The molecular weight excluding hydrogens is 679 g/mol. The predicted molar refractivity (Wildman–Crippen MR) is 202 cm³/mol. The second kappa shape index (κ2) is 20.5. The monoisotopic (exact) mass is 732 g/mol. The number of halogens is 6. The zero-order chi connectivity index (χ0) is 37.3. The van der Waals surface area contributed by atoms with Crippen LogP contribution in [0.5, 0.6) is 11.5 Å². The molecule has 0 aliphatic rings. The third-order valence-electron chi connectivity index (χ3n) is 8.92. The molecule has 0 fully saturated rings. The van der Waals surface area contributed by atoms with Gasteiger partial charge in [-0.2, -0.15) is 26.3 Å². The summed E-state index contributed by atoms with van der Waals surface area (Å²) >= 11 is 0. The number of hydrogen-bond donors (Lipinski definition) is 0. The van der Waals surface area contributed by atoms with Gasteiger partial charge in [-0.25, -0.2) is 0 Å². The third kappa shape index (κ3) is 15.0. The van der Waals surface area contributed by atoms with Crippen LogP contribution in [-0.2, 0) is 12.4 Å². The zero-order valence-corrected chi connectivity index (χ0v) is 31.6. The second-order valence-electron chi connectivity index (χ2n) is 13.8. The summed E-state index contributed by atoms with van der Waals surface area (Å²) < 4.78 is 93.1. The van der Waals surface area contributed by atoms with Crippen molar-refractivity contribution in [1.82, 2.24) is 0 Å². The van der Waals surface area contributed by atoms with Gasteiger partial charge >= 0.3 is 12.4 Å². The van der Waals surface area contributed by atoms with Crippen molar-refractivity contribution in [3.05, 3.63) is 94.2 Å². The van der Waals surface area contributed by atoms with Crippen LogP contribution in [0.4, 0.5) is 26.3 Å². The summed E-state index contributed by atoms with van der Waals surface area (Å²) in [5.74, 6) is 1.59. The smallest absolute Gasteiger partial charge is 0.416 e. The first-order chi connectivity index (χ1) is 24.2. The highest BCUT2D eigenvalue weighted by Gasteiger charge is 2.38. The molecule has 0 unspecified atom stereocenters. The van der Waals surface area contributed by atoms with Crippen LogP contribution in [0, 0.1) is 0 Å². The SMILES string of the molecule is CCCCCCCCOc1ccc(OCCCCCCCC)c(/C=C/c2ccc(/C=C/[Si](C)(C)c3cc(C(F)(F)F)cc(C(F)(F)F)c3)cc2)c1. The van der Waals surface area contributed by atoms with Gasteiger partial charge in [-0.05, 0) is 48.2 Å². The quantitative estimate of drug-likeness (QED) is 0.0470. The van der Waals surface area contributed by atoms with E-state index in [1.165, 1.54) is 51.4 Å². The van der Waals surface area contributed by atoms with E-state index in [2.05, 4.69) is 13.8 Å². The molecule has 0 spiro atoms. The molecule has 9 heteroatoms. The zero-order valence-electron chi connectivity index (χ0n) is 30.6. The fourth-order valence-electron chi connectivity index (χ4n) is 5.65. The van der Waals surface area contributed by atoms with Gasteiger partial charge in [0, 0.05) is 5.56 Å². The maximum absolute atomic E-state index is 13.5. The van der Waals surface area contributed by atoms with E-state index in [-0.39, 0.29) is 11.3 Å². The van der Waals surface area contributed by atoms with Gasteiger partial charge in [0.1, 0.15) is 19.6 Å². The van der Waals surface area contributed by atoms with Gasteiger partial charge in [0.2, 0.25) is 0 Å². The van der Waals surface area contributed by atoms with Crippen molar-refractivity contribution in [1.29, 1.82) is 0 Å². The first-order valence-electron chi connectivity index (χ1n) is 18.4. The van der Waals surface area contributed by atoms with Gasteiger partial charge in [-0.15, -0.1) is 0 Å². The molecule has 51 heavy (non-hydrogen) atoms. The highest BCUT2D eigenvalue weighted by atomic mass is 28.3. The van der Waals surface area contributed by atoms with Gasteiger partial charge in [-0.3, -0.25) is 0 Å². The number of unbranched alkanes of at least 4 members (excludes halogenated alkanes) is 10. The van der Waals surface area contributed by atoms with E-state index >= 15 is 0 Å². The average Bonchev–Trinajstić information content (AvgIpc) is 3.09. The van der Waals surface area contributed by atoms with E-state index in [1.54, 1.807) is 24.9 Å². The highest BCUT2D eigenvalue weighted by Crippen LogP contribution is 2.35. The lowest BCUT2D eigenvalue weighted by Crippen LogP contribution is -2.40. The fraction of sp³-hybridized carbons (Fsp3) is 0.476. The number of rotatable bonds is 21. The summed E-state index contributed by atoms with van der Waals surface area (Å²) in [4.78, 5) is 0. The van der Waals surface area contributed by atoms with Crippen LogP contribution >= 0.6 is 0 Å². The summed E-state index contributed by atoms with van der Waals surface area (Å²) in [5, 5.41) is 0.0631. The molecule has 0 saturated heterocycles. The van der Waals surface area contributed by atoms with Crippen molar-refractivity contribution in [2.75, 3.05) is 13.2 Å². The van der Waals surface area contributed by atoms with Gasteiger partial charge in [0.15, 0.2) is 0 Å². The topological polar surface area (TPSA) is 18.5 Å². The number of ether oxygens (including phenoxy) is 2. The Morgan fingerprint density at radius 1 is 0.549 bits per heavy atom. The van der Waals surface area contributed by atoms with Crippen molar-refractivity contribution in [2.45, 2.75) is 116 Å². The molecule has 3 aromatic rings. The van der Waals surface area contributed by atoms with Crippen molar-refractivity contribution < 1.29 is 35.8 Å². The Morgan fingerprint density at radius 3 is 1.57 bits per heavy atom. The molecular formula is C42H54F6O2Si. The lowest BCUT2D eigenvalue weighted by molar-refractivity contribution is -0.142. The largest absolute Gasteiger partial charge is 0.494 e. The Hall–Kier alpha value is -3.46. The number of hydrogen-bond acceptors (Lipinski definition) is 2. The molecule has 3 aromatic carbocycles. The molecule has 0 aliphatic carbocycles. The Kier molecular flexibility index (Phi) is 16.9. The molecule has 2 nitrogen and oxygen atoms in total. The second-order valence-corrected chi connectivity index (χ2v) is 18.1. The molecule has 0 heterocycles. The van der Waals surface area contributed by atoms with Crippen molar-refractivity contribution in [3.8, 4) is 11.5 Å². The van der Waals surface area contributed by atoms with Gasteiger partial charge in [0.25, 0.3) is 0 Å². The average molecular weight is 733 g/mol. The summed E-state index contributed by atoms with van der Waals surface area (Å²) in [6.07, 6.45) is 10.2. The van der Waals surface area contributed by atoms with Crippen LogP contribution < -0.4 is 14.7 Å². The van der Waals surface area contributed by atoms with E-state index in [1.807, 2.05) is 54.6 Å². The van der Waals surface area contributed by atoms with Crippen LogP contribution in [-0.4, -0.2) is 21.3 Å². The molecule has 0 aromatic heterocycles. The summed E-state index contributed by atoms with van der Waals surface area (Å²) in [5.41, 5.74) is 1.82. The molecule has 0 bridgehead atoms. The molecule has 280 valence electrons. The van der Waals surface area contributed by atoms with Gasteiger partial charge in [0.05, 0.1) is 24.3 Å². The number of alkyl halides is 6. The molecule has 0 saturated carbocycles. The van der Waals surface area contributed by atoms with Crippen LogP contribution in [0.3, 0.4) is 0 Å². The molecule has 0 aliphatic heterocycles. The molecule has 3 rings (SSSR count).